The zero-order valence-corrected chi connectivity index (χ0v) is 19.1. The highest BCUT2D eigenvalue weighted by Crippen LogP contribution is 2.45. The molecule has 0 atom stereocenters. The summed E-state index contributed by atoms with van der Waals surface area (Å²) in [5.74, 6) is 1.24. The van der Waals surface area contributed by atoms with Gasteiger partial charge in [0.25, 0.3) is 0 Å². The lowest BCUT2D eigenvalue weighted by molar-refractivity contribution is -0.0488. The van der Waals surface area contributed by atoms with Crippen molar-refractivity contribution < 1.29 is 4.84 Å². The zero-order chi connectivity index (χ0) is 22.3. The molecule has 0 saturated heterocycles. The van der Waals surface area contributed by atoms with Crippen molar-refractivity contribution in [1.29, 1.82) is 0 Å². The summed E-state index contributed by atoms with van der Waals surface area (Å²) in [4.78, 5) is 10.9. The summed E-state index contributed by atoms with van der Waals surface area (Å²) in [5, 5.41) is 28.6. The fraction of sp³-hybridized carbons (Fsp3) is 0.652. The molecule has 0 bridgehead atoms. The molecule has 2 fully saturated rings. The highest BCUT2D eigenvalue weighted by Gasteiger charge is 2.44. The van der Waals surface area contributed by atoms with Gasteiger partial charge < -0.3 is 10.2 Å². The summed E-state index contributed by atoms with van der Waals surface area (Å²) >= 11 is 0. The van der Waals surface area contributed by atoms with Crippen LogP contribution in [0.4, 0.5) is 5.69 Å². The van der Waals surface area contributed by atoms with E-state index in [2.05, 4.69) is 43.1 Å². The molecule has 3 aromatic rings. The van der Waals surface area contributed by atoms with Gasteiger partial charge in [-0.2, -0.15) is 5.10 Å². The molecule has 4 heterocycles. The lowest BCUT2D eigenvalue weighted by atomic mass is 9.76. The van der Waals surface area contributed by atoms with Gasteiger partial charge in [0.05, 0.1) is 23.0 Å². The van der Waals surface area contributed by atoms with Crippen LogP contribution in [0.3, 0.4) is 0 Å². The van der Waals surface area contributed by atoms with Gasteiger partial charge in [-0.25, -0.2) is 14.8 Å². The normalized spacial score (nSPS) is 26.0. The topological polar surface area (TPSA) is 119 Å². The number of fused-ring (bicyclic) bond motifs is 1. The molecule has 3 aliphatic rings. The molecular weight excluding hydrogens is 418 g/mol. The fourth-order valence-electron chi connectivity index (χ4n) is 5.77. The van der Waals surface area contributed by atoms with Gasteiger partial charge in [-0.05, 0) is 55.9 Å². The minimum Gasteiger partial charge on any atom is -0.389 e. The average molecular weight is 450 g/mol. The second-order valence-corrected chi connectivity index (χ2v) is 9.77. The smallest absolute Gasteiger partial charge is 0.159 e. The van der Waals surface area contributed by atoms with Crippen LogP contribution in [0.5, 0.6) is 0 Å². The maximum absolute atomic E-state index is 6.15. The molecule has 1 spiro atoms. The van der Waals surface area contributed by atoms with Crippen LogP contribution in [0.15, 0.2) is 17.5 Å². The number of hydrogen-bond donors (Lipinski definition) is 2. The third-order valence-electron chi connectivity index (χ3n) is 7.71. The van der Waals surface area contributed by atoms with Crippen LogP contribution in [0, 0.1) is 0 Å². The number of hydrogen-bond acceptors (Lipinski definition) is 8. The fourth-order valence-corrected chi connectivity index (χ4v) is 5.77. The van der Waals surface area contributed by atoms with Crippen LogP contribution in [0.1, 0.15) is 88.4 Å². The van der Waals surface area contributed by atoms with Crippen molar-refractivity contribution in [2.45, 2.75) is 95.2 Å². The van der Waals surface area contributed by atoms with Gasteiger partial charge in [0.2, 0.25) is 0 Å². The van der Waals surface area contributed by atoms with Crippen molar-refractivity contribution in [3.63, 3.8) is 0 Å². The second kappa shape index (κ2) is 8.39. The Kier molecular flexibility index (Phi) is 5.22. The van der Waals surface area contributed by atoms with E-state index in [1.165, 1.54) is 32.1 Å². The number of aromatic nitrogens is 7. The number of rotatable bonds is 5. The number of aryl methyl sites for hydroxylation is 1. The highest BCUT2D eigenvalue weighted by molar-refractivity contribution is 6.10. The van der Waals surface area contributed by atoms with Crippen molar-refractivity contribution in [3.8, 4) is 0 Å². The Balaban J connectivity index is 1.26. The Bertz CT molecular complexity index is 1140. The molecule has 6 rings (SSSR count). The summed E-state index contributed by atoms with van der Waals surface area (Å²) in [6.07, 6.45) is 14.9. The van der Waals surface area contributed by atoms with E-state index in [9.17, 15) is 0 Å². The van der Waals surface area contributed by atoms with E-state index >= 15 is 0 Å². The van der Waals surface area contributed by atoms with Gasteiger partial charge in [-0.3, -0.25) is 0 Å². The predicted molar refractivity (Wildman–Crippen MR) is 124 cm³/mol. The number of pyridine rings is 1. The number of oxime groups is 1. The maximum Gasteiger partial charge on any atom is 0.159 e. The first kappa shape index (κ1) is 20.6. The number of nitrogens with zero attached hydrogens (tertiary/aromatic N) is 7. The van der Waals surface area contributed by atoms with Crippen LogP contribution < -0.4 is 5.32 Å². The number of nitrogens with one attached hydrogen (secondary N) is 2. The Morgan fingerprint density at radius 1 is 1.15 bits per heavy atom. The van der Waals surface area contributed by atoms with Crippen molar-refractivity contribution in [2.24, 2.45) is 5.16 Å². The first-order chi connectivity index (χ1) is 16.2. The van der Waals surface area contributed by atoms with E-state index in [0.717, 1.165) is 72.5 Å². The van der Waals surface area contributed by atoms with E-state index in [1.807, 2.05) is 17.1 Å². The largest absolute Gasteiger partial charge is 0.389 e. The Morgan fingerprint density at radius 3 is 2.76 bits per heavy atom. The minimum atomic E-state index is -0.232. The second-order valence-electron chi connectivity index (χ2n) is 9.77. The summed E-state index contributed by atoms with van der Waals surface area (Å²) < 4.78 is 1.96. The number of anilines is 1. The van der Waals surface area contributed by atoms with Gasteiger partial charge >= 0.3 is 0 Å². The summed E-state index contributed by atoms with van der Waals surface area (Å²) in [6.45, 7) is 2.90. The molecule has 10 nitrogen and oxygen atoms in total. The van der Waals surface area contributed by atoms with Crippen molar-refractivity contribution >= 4 is 22.4 Å². The van der Waals surface area contributed by atoms with E-state index in [-0.39, 0.29) is 5.60 Å². The van der Waals surface area contributed by atoms with Crippen LogP contribution in [-0.4, -0.2) is 52.7 Å². The molecule has 2 aliphatic carbocycles. The van der Waals surface area contributed by atoms with E-state index in [4.69, 9.17) is 9.82 Å². The quantitative estimate of drug-likeness (QED) is 0.606. The van der Waals surface area contributed by atoms with Crippen LogP contribution >= 0.6 is 0 Å². The van der Waals surface area contributed by atoms with E-state index < -0.39 is 0 Å². The average Bonchev–Trinajstić information content (AvgIpc) is 3.61. The Hall–Kier alpha value is -3.04. The lowest BCUT2D eigenvalue weighted by Crippen LogP contribution is -2.34. The van der Waals surface area contributed by atoms with Crippen LogP contribution in [-0.2, 0) is 11.4 Å². The molecular formula is C23H31N9O. The Labute approximate surface area is 192 Å². The first-order valence-electron chi connectivity index (χ1n) is 12.3. The SMILES string of the molecule is CCn1ncc2c(NC3CCCCC3)c(C3=NOC4(CCC(c5nnn[nH]5)CC4)C3)cnc21. The summed E-state index contributed by atoms with van der Waals surface area (Å²) in [6, 6.07) is 0.482. The van der Waals surface area contributed by atoms with Gasteiger partial charge in [0, 0.05) is 36.7 Å². The molecule has 0 aromatic carbocycles. The monoisotopic (exact) mass is 449 g/mol. The molecule has 2 saturated carbocycles. The van der Waals surface area contributed by atoms with Crippen LogP contribution in [0.2, 0.25) is 0 Å². The molecule has 174 valence electrons. The molecule has 0 amide bonds. The van der Waals surface area contributed by atoms with Gasteiger partial charge in [-0.15, -0.1) is 5.10 Å². The molecule has 3 aromatic heterocycles. The van der Waals surface area contributed by atoms with Gasteiger partial charge in [0.15, 0.2) is 11.5 Å². The number of tetrazole rings is 1. The van der Waals surface area contributed by atoms with Gasteiger partial charge in [-0.1, -0.05) is 24.4 Å². The molecule has 1 aliphatic heterocycles. The summed E-state index contributed by atoms with van der Waals surface area (Å²) in [5.41, 5.74) is 3.86. The third kappa shape index (κ3) is 3.75. The van der Waals surface area contributed by atoms with Crippen molar-refractivity contribution in [1.82, 2.24) is 35.4 Å². The highest BCUT2D eigenvalue weighted by atomic mass is 16.7. The minimum absolute atomic E-state index is 0.232. The van der Waals surface area contributed by atoms with Crippen LogP contribution in [0.25, 0.3) is 11.0 Å². The molecule has 0 unspecified atom stereocenters. The molecule has 10 heteroatoms. The standard InChI is InChI=1S/C23H31N9O/c1-2-32-22-18(14-25-32)20(26-16-6-4-3-5-7-16)17(13-24-22)19-12-23(33-29-19)10-8-15(9-11-23)21-27-30-31-28-21/h13-16H,2-12H2,1H3,(H,24,26)(H,27,28,30,31). The Morgan fingerprint density at radius 2 is 2.00 bits per heavy atom. The maximum atomic E-state index is 6.15. The van der Waals surface area contributed by atoms with Crippen molar-refractivity contribution in [3.05, 3.63) is 23.8 Å². The van der Waals surface area contributed by atoms with Crippen molar-refractivity contribution in [2.75, 3.05) is 5.32 Å². The number of aromatic amines is 1. The lowest BCUT2D eigenvalue weighted by Gasteiger charge is -2.33. The zero-order valence-electron chi connectivity index (χ0n) is 19.1. The molecule has 33 heavy (non-hydrogen) atoms. The van der Waals surface area contributed by atoms with E-state index in [1.54, 1.807) is 0 Å². The molecule has 2 N–H and O–H groups in total. The third-order valence-corrected chi connectivity index (χ3v) is 7.71. The number of H-pyrrole nitrogens is 1. The first-order valence-corrected chi connectivity index (χ1v) is 12.3. The van der Waals surface area contributed by atoms with E-state index in [0.29, 0.717) is 12.0 Å². The molecule has 0 radical (unpaired) electrons. The van der Waals surface area contributed by atoms with Gasteiger partial charge in [0.1, 0.15) is 5.60 Å². The summed E-state index contributed by atoms with van der Waals surface area (Å²) in [7, 11) is 0. The predicted octanol–water partition coefficient (Wildman–Crippen LogP) is 3.93.